The van der Waals surface area contributed by atoms with E-state index in [2.05, 4.69) is 16.8 Å². The molecule has 3 aromatic rings. The number of likely N-dealkylation sites (N-methyl/N-ethyl adjacent to an activating group) is 1. The van der Waals surface area contributed by atoms with Crippen molar-refractivity contribution in [3.63, 3.8) is 0 Å². The van der Waals surface area contributed by atoms with Crippen molar-refractivity contribution in [2.45, 2.75) is 38.6 Å². The molecule has 1 aromatic carbocycles. The SMILES string of the molecule is CC[C@@]1(OC)C(=O)OCc2c1cc1n(c2=O)Cc2c-1nc1cc3c(cc1c2CN1CCN(C)CC1)OCCO3. The zero-order valence-corrected chi connectivity index (χ0v) is 22.5. The molecule has 0 spiro atoms. The molecule has 0 unspecified atom stereocenters. The molecule has 0 bridgehead atoms. The summed E-state index contributed by atoms with van der Waals surface area (Å²) in [4.78, 5) is 36.7. The van der Waals surface area contributed by atoms with Crippen LogP contribution in [0.4, 0.5) is 0 Å². The molecule has 6 heterocycles. The van der Waals surface area contributed by atoms with Gasteiger partial charge in [-0.15, -0.1) is 0 Å². The van der Waals surface area contributed by atoms with Gasteiger partial charge in [0, 0.05) is 62.4 Å². The second kappa shape index (κ2) is 9.04. The summed E-state index contributed by atoms with van der Waals surface area (Å²) in [7, 11) is 3.64. The summed E-state index contributed by atoms with van der Waals surface area (Å²) in [5, 5.41) is 1.01. The molecule has 204 valence electrons. The standard InChI is InChI=1S/C29H32N4O6/c1-4-29(36-3)21-12-23-26-19(15-33(23)27(34)20(21)16-39-28(29)35)18(14-32-7-5-31(2)6-8-32)17-11-24-25(13-22(17)30-26)38-10-9-37-24/h11-13H,4-10,14-16H2,1-3H3/t29-/m0/s1. The van der Waals surface area contributed by atoms with Crippen LogP contribution in [0.1, 0.15) is 35.6 Å². The van der Waals surface area contributed by atoms with E-state index in [4.69, 9.17) is 23.9 Å². The van der Waals surface area contributed by atoms with Crippen molar-refractivity contribution < 1.29 is 23.7 Å². The second-order valence-corrected chi connectivity index (χ2v) is 10.8. The molecule has 0 amide bonds. The Morgan fingerprint density at radius 2 is 1.74 bits per heavy atom. The number of methoxy groups -OCH3 is 1. The fourth-order valence-corrected chi connectivity index (χ4v) is 6.44. The molecule has 39 heavy (non-hydrogen) atoms. The lowest BCUT2D eigenvalue weighted by atomic mass is 9.85. The lowest BCUT2D eigenvalue weighted by molar-refractivity contribution is -0.176. The van der Waals surface area contributed by atoms with Crippen LogP contribution >= 0.6 is 0 Å². The molecule has 1 saturated heterocycles. The average Bonchev–Trinajstić information content (AvgIpc) is 3.32. The number of pyridine rings is 2. The number of aromatic nitrogens is 2. The van der Waals surface area contributed by atoms with E-state index in [1.54, 1.807) is 4.57 Å². The molecular weight excluding hydrogens is 500 g/mol. The van der Waals surface area contributed by atoms with E-state index >= 15 is 0 Å². The number of hydrogen-bond donors (Lipinski definition) is 0. The molecule has 0 saturated carbocycles. The van der Waals surface area contributed by atoms with Crippen molar-refractivity contribution in [3.8, 4) is 22.9 Å². The van der Waals surface area contributed by atoms with Crippen LogP contribution in [0.3, 0.4) is 0 Å². The van der Waals surface area contributed by atoms with Gasteiger partial charge in [0.25, 0.3) is 5.56 Å². The largest absolute Gasteiger partial charge is 0.486 e. The minimum Gasteiger partial charge on any atom is -0.486 e. The van der Waals surface area contributed by atoms with Gasteiger partial charge in [0.2, 0.25) is 0 Å². The predicted octanol–water partition coefficient (Wildman–Crippen LogP) is 2.25. The molecule has 7 rings (SSSR count). The monoisotopic (exact) mass is 532 g/mol. The topological polar surface area (TPSA) is 95.4 Å². The van der Waals surface area contributed by atoms with Gasteiger partial charge in [-0.1, -0.05) is 6.92 Å². The van der Waals surface area contributed by atoms with Crippen molar-refractivity contribution in [1.29, 1.82) is 0 Å². The van der Waals surface area contributed by atoms with Gasteiger partial charge in [0.05, 0.1) is 29.0 Å². The number of carbonyl (C=O) groups is 1. The Hall–Kier alpha value is -3.47. The van der Waals surface area contributed by atoms with Crippen molar-refractivity contribution in [3.05, 3.63) is 50.8 Å². The van der Waals surface area contributed by atoms with Gasteiger partial charge in [-0.3, -0.25) is 9.69 Å². The number of cyclic esters (lactones) is 1. The summed E-state index contributed by atoms with van der Waals surface area (Å²) >= 11 is 0. The Bertz CT molecular complexity index is 1570. The molecule has 0 aliphatic carbocycles. The van der Waals surface area contributed by atoms with Gasteiger partial charge in [0.15, 0.2) is 17.1 Å². The summed E-state index contributed by atoms with van der Waals surface area (Å²) in [6.07, 6.45) is 0.356. The predicted molar refractivity (Wildman–Crippen MR) is 143 cm³/mol. The molecule has 4 aliphatic rings. The van der Waals surface area contributed by atoms with Crippen LogP contribution in [0.25, 0.3) is 22.3 Å². The van der Waals surface area contributed by atoms with Crippen LogP contribution in [0.2, 0.25) is 0 Å². The quantitative estimate of drug-likeness (QED) is 0.367. The minimum absolute atomic E-state index is 0.0559. The van der Waals surface area contributed by atoms with Gasteiger partial charge in [0.1, 0.15) is 19.8 Å². The van der Waals surface area contributed by atoms with E-state index in [1.165, 1.54) is 7.11 Å². The first-order valence-corrected chi connectivity index (χ1v) is 13.6. The molecule has 10 heteroatoms. The maximum absolute atomic E-state index is 13.9. The summed E-state index contributed by atoms with van der Waals surface area (Å²) in [6.45, 7) is 7.92. The number of benzene rings is 1. The average molecular weight is 533 g/mol. The lowest BCUT2D eigenvalue weighted by Crippen LogP contribution is -2.45. The van der Waals surface area contributed by atoms with Crippen LogP contribution in [-0.2, 0) is 39.6 Å². The zero-order chi connectivity index (χ0) is 26.9. The number of carbonyl (C=O) groups excluding carboxylic acids is 1. The molecule has 2 aromatic heterocycles. The molecular formula is C29H32N4O6. The van der Waals surface area contributed by atoms with E-state index in [0.717, 1.165) is 66.2 Å². The first-order chi connectivity index (χ1) is 18.9. The lowest BCUT2D eigenvalue weighted by Gasteiger charge is -2.35. The minimum atomic E-state index is -1.31. The second-order valence-electron chi connectivity index (χ2n) is 10.8. The van der Waals surface area contributed by atoms with Gasteiger partial charge >= 0.3 is 5.97 Å². The van der Waals surface area contributed by atoms with Gasteiger partial charge in [-0.25, -0.2) is 9.78 Å². The number of piperazine rings is 1. The van der Waals surface area contributed by atoms with E-state index in [1.807, 2.05) is 25.1 Å². The summed E-state index contributed by atoms with van der Waals surface area (Å²) in [5.41, 5.74) is 4.03. The molecule has 10 nitrogen and oxygen atoms in total. The Labute approximate surface area is 226 Å². The van der Waals surface area contributed by atoms with Gasteiger partial charge in [-0.05, 0) is 31.2 Å². The van der Waals surface area contributed by atoms with E-state index < -0.39 is 11.6 Å². The number of esters is 1. The molecule has 1 fully saturated rings. The molecule has 4 aliphatic heterocycles. The summed E-state index contributed by atoms with van der Waals surface area (Å²) < 4.78 is 24.8. The highest BCUT2D eigenvalue weighted by Crippen LogP contribution is 2.43. The fourth-order valence-electron chi connectivity index (χ4n) is 6.44. The fraction of sp³-hybridized carbons (Fsp3) is 0.483. The van der Waals surface area contributed by atoms with Crippen molar-refractivity contribution in [2.75, 3.05) is 53.6 Å². The summed E-state index contributed by atoms with van der Waals surface area (Å²) in [5.74, 6) is 0.940. The van der Waals surface area contributed by atoms with Crippen LogP contribution in [0.15, 0.2) is 23.0 Å². The highest BCUT2D eigenvalue weighted by molar-refractivity contribution is 5.91. The Morgan fingerprint density at radius 1 is 1.00 bits per heavy atom. The third kappa shape index (κ3) is 3.62. The van der Waals surface area contributed by atoms with Crippen LogP contribution in [-0.4, -0.2) is 78.9 Å². The van der Waals surface area contributed by atoms with Crippen LogP contribution < -0.4 is 15.0 Å². The molecule has 0 radical (unpaired) electrons. The van der Waals surface area contributed by atoms with Crippen LogP contribution in [0, 0.1) is 0 Å². The smallest absolute Gasteiger partial charge is 0.343 e. The maximum atomic E-state index is 13.9. The van der Waals surface area contributed by atoms with E-state index in [9.17, 15) is 9.59 Å². The molecule has 1 atom stereocenters. The zero-order valence-electron chi connectivity index (χ0n) is 22.5. The van der Waals surface area contributed by atoms with Gasteiger partial charge in [-0.2, -0.15) is 0 Å². The Morgan fingerprint density at radius 3 is 2.46 bits per heavy atom. The number of nitrogens with zero attached hydrogens (tertiary/aromatic N) is 4. The number of hydrogen-bond acceptors (Lipinski definition) is 9. The van der Waals surface area contributed by atoms with Crippen molar-refractivity contribution in [1.82, 2.24) is 19.4 Å². The summed E-state index contributed by atoms with van der Waals surface area (Å²) in [6, 6.07) is 5.91. The highest BCUT2D eigenvalue weighted by Gasteiger charge is 2.47. The first kappa shape index (κ1) is 24.6. The highest BCUT2D eigenvalue weighted by atomic mass is 16.6. The normalized spacial score (nSPS) is 22.4. The first-order valence-electron chi connectivity index (χ1n) is 13.6. The third-order valence-electron chi connectivity index (χ3n) is 8.76. The van der Waals surface area contributed by atoms with Gasteiger partial charge < -0.3 is 28.4 Å². The Kier molecular flexibility index (Phi) is 5.69. The third-order valence-corrected chi connectivity index (χ3v) is 8.76. The van der Waals surface area contributed by atoms with E-state index in [0.29, 0.717) is 48.7 Å². The maximum Gasteiger partial charge on any atom is 0.343 e. The molecule has 0 N–H and O–H groups in total. The number of ether oxygens (including phenoxy) is 4. The Balaban J connectivity index is 1.44. The number of rotatable bonds is 4. The van der Waals surface area contributed by atoms with Crippen molar-refractivity contribution >= 4 is 16.9 Å². The number of fused-ring (bicyclic) bond motifs is 6. The van der Waals surface area contributed by atoms with Crippen molar-refractivity contribution in [2.24, 2.45) is 0 Å². The van der Waals surface area contributed by atoms with Crippen LogP contribution in [0.5, 0.6) is 11.5 Å². The van der Waals surface area contributed by atoms with E-state index in [-0.39, 0.29) is 12.2 Å².